The summed E-state index contributed by atoms with van der Waals surface area (Å²) in [5, 5.41) is 5.80. The highest BCUT2D eigenvalue weighted by Gasteiger charge is 2.08. The van der Waals surface area contributed by atoms with Crippen molar-refractivity contribution >= 4 is 17.5 Å². The van der Waals surface area contributed by atoms with Gasteiger partial charge < -0.3 is 10.6 Å². The lowest BCUT2D eigenvalue weighted by Crippen LogP contribution is -2.13. The van der Waals surface area contributed by atoms with Gasteiger partial charge in [-0.05, 0) is 37.1 Å². The van der Waals surface area contributed by atoms with Gasteiger partial charge in [-0.15, -0.1) is 6.58 Å². The Morgan fingerprint density at radius 1 is 1.19 bits per heavy atom. The highest BCUT2D eigenvalue weighted by molar-refractivity contribution is 6.04. The summed E-state index contributed by atoms with van der Waals surface area (Å²) >= 11 is 0. The van der Waals surface area contributed by atoms with Crippen LogP contribution in [0.15, 0.2) is 43.2 Å². The molecule has 5 nitrogen and oxygen atoms in total. The fourth-order valence-electron chi connectivity index (χ4n) is 1.95. The van der Waals surface area contributed by atoms with Crippen molar-refractivity contribution in [2.45, 2.75) is 13.8 Å². The number of carbonyl (C=O) groups excluding carboxylic acids is 1. The van der Waals surface area contributed by atoms with Crippen LogP contribution in [0.2, 0.25) is 0 Å². The molecule has 2 rings (SSSR count). The van der Waals surface area contributed by atoms with Crippen molar-refractivity contribution in [3.63, 3.8) is 0 Å². The number of amides is 1. The highest BCUT2D eigenvalue weighted by atomic mass is 16.1. The number of benzene rings is 1. The molecule has 5 heteroatoms. The first-order chi connectivity index (χ1) is 10.1. The molecule has 0 bridgehead atoms. The lowest BCUT2D eigenvalue weighted by Gasteiger charge is -2.08. The second kappa shape index (κ2) is 6.65. The van der Waals surface area contributed by atoms with Gasteiger partial charge in [0.2, 0.25) is 5.95 Å². The Bertz CT molecular complexity index is 630. The van der Waals surface area contributed by atoms with Gasteiger partial charge in [-0.25, -0.2) is 9.97 Å². The standard InChI is InChI=1S/C16H18N4O/c1-4-5-17-16-18-9-13(10-19-16)15(21)20-14-7-11(2)6-12(3)8-14/h4,6-10H,1,5H2,2-3H3,(H,20,21)(H,17,18,19). The maximum Gasteiger partial charge on any atom is 0.258 e. The summed E-state index contributed by atoms with van der Waals surface area (Å²) in [6.45, 7) is 8.16. The normalized spacial score (nSPS) is 10.0. The van der Waals surface area contributed by atoms with Gasteiger partial charge in [-0.1, -0.05) is 12.1 Å². The van der Waals surface area contributed by atoms with Crippen LogP contribution in [0.3, 0.4) is 0 Å². The van der Waals surface area contributed by atoms with Gasteiger partial charge in [0, 0.05) is 24.6 Å². The van der Waals surface area contributed by atoms with E-state index in [1.54, 1.807) is 6.08 Å². The van der Waals surface area contributed by atoms with Gasteiger partial charge in [0.1, 0.15) is 0 Å². The summed E-state index contributed by atoms with van der Waals surface area (Å²) in [5.74, 6) is 0.244. The maximum absolute atomic E-state index is 12.1. The Balaban J connectivity index is 2.07. The molecule has 0 saturated heterocycles. The minimum Gasteiger partial charge on any atom is -0.351 e. The first-order valence-corrected chi connectivity index (χ1v) is 6.65. The van der Waals surface area contributed by atoms with Crippen molar-refractivity contribution in [3.05, 3.63) is 59.9 Å². The Kier molecular flexibility index (Phi) is 4.66. The van der Waals surface area contributed by atoms with Crippen LogP contribution >= 0.6 is 0 Å². The van der Waals surface area contributed by atoms with Gasteiger partial charge in [0.25, 0.3) is 5.91 Å². The van der Waals surface area contributed by atoms with E-state index in [0.717, 1.165) is 16.8 Å². The molecule has 0 aliphatic rings. The van der Waals surface area contributed by atoms with Gasteiger partial charge in [0.15, 0.2) is 0 Å². The number of aryl methyl sites for hydroxylation is 2. The first-order valence-electron chi connectivity index (χ1n) is 6.65. The Morgan fingerprint density at radius 2 is 1.81 bits per heavy atom. The van der Waals surface area contributed by atoms with E-state index in [4.69, 9.17) is 0 Å². The third-order valence-corrected chi connectivity index (χ3v) is 2.80. The average Bonchev–Trinajstić information content (AvgIpc) is 2.44. The minimum atomic E-state index is -0.227. The zero-order chi connectivity index (χ0) is 15.2. The maximum atomic E-state index is 12.1. The molecule has 0 spiro atoms. The number of hydrogen-bond acceptors (Lipinski definition) is 4. The highest BCUT2D eigenvalue weighted by Crippen LogP contribution is 2.14. The monoisotopic (exact) mass is 282 g/mol. The van der Waals surface area contributed by atoms with E-state index in [1.807, 2.05) is 26.0 Å². The van der Waals surface area contributed by atoms with Gasteiger partial charge in [-0.2, -0.15) is 0 Å². The van der Waals surface area contributed by atoms with Crippen LogP contribution < -0.4 is 10.6 Å². The summed E-state index contributed by atoms with van der Waals surface area (Å²) in [6.07, 6.45) is 4.71. The number of carbonyl (C=O) groups is 1. The molecule has 108 valence electrons. The molecule has 0 radical (unpaired) electrons. The molecule has 0 fully saturated rings. The minimum absolute atomic E-state index is 0.227. The van der Waals surface area contributed by atoms with Crippen LogP contribution in [-0.4, -0.2) is 22.4 Å². The molecule has 0 aliphatic heterocycles. The molecule has 2 N–H and O–H groups in total. The SMILES string of the molecule is C=CCNc1ncc(C(=O)Nc2cc(C)cc(C)c2)cn1. The number of nitrogens with one attached hydrogen (secondary N) is 2. The first kappa shape index (κ1) is 14.7. The fourth-order valence-corrected chi connectivity index (χ4v) is 1.95. The van der Waals surface area contributed by atoms with Crippen LogP contribution in [0.5, 0.6) is 0 Å². The molecule has 21 heavy (non-hydrogen) atoms. The molecular weight excluding hydrogens is 264 g/mol. The third-order valence-electron chi connectivity index (χ3n) is 2.80. The lowest BCUT2D eigenvalue weighted by atomic mass is 10.1. The van der Waals surface area contributed by atoms with E-state index >= 15 is 0 Å². The van der Waals surface area contributed by atoms with Crippen LogP contribution in [0.25, 0.3) is 0 Å². The number of hydrogen-bond donors (Lipinski definition) is 2. The molecule has 0 unspecified atom stereocenters. The number of rotatable bonds is 5. The van der Waals surface area contributed by atoms with Crippen LogP contribution in [0, 0.1) is 13.8 Å². The zero-order valence-corrected chi connectivity index (χ0v) is 12.2. The lowest BCUT2D eigenvalue weighted by molar-refractivity contribution is 0.102. The van der Waals surface area contributed by atoms with Crippen molar-refractivity contribution < 1.29 is 4.79 Å². The third kappa shape index (κ3) is 4.14. The van der Waals surface area contributed by atoms with Crippen molar-refractivity contribution in [1.29, 1.82) is 0 Å². The Hall–Kier alpha value is -2.69. The summed E-state index contributed by atoms with van der Waals surface area (Å²) in [6, 6.07) is 5.90. The van der Waals surface area contributed by atoms with Crippen molar-refractivity contribution in [2.24, 2.45) is 0 Å². The van der Waals surface area contributed by atoms with Crippen molar-refractivity contribution in [1.82, 2.24) is 9.97 Å². The molecule has 2 aromatic rings. The quantitative estimate of drug-likeness (QED) is 0.827. The van der Waals surface area contributed by atoms with Gasteiger partial charge in [-0.3, -0.25) is 4.79 Å². The fraction of sp³-hybridized carbons (Fsp3) is 0.188. The van der Waals surface area contributed by atoms with Gasteiger partial charge >= 0.3 is 0 Å². The number of anilines is 2. The summed E-state index contributed by atoms with van der Waals surface area (Å²) in [4.78, 5) is 20.3. The van der Waals surface area contributed by atoms with E-state index in [2.05, 4.69) is 33.2 Å². The predicted molar refractivity (Wildman–Crippen MR) is 84.6 cm³/mol. The average molecular weight is 282 g/mol. The summed E-state index contributed by atoms with van der Waals surface area (Å²) in [5.41, 5.74) is 3.39. The Labute approximate surface area is 124 Å². The van der Waals surface area contributed by atoms with E-state index in [0.29, 0.717) is 18.1 Å². The number of nitrogens with zero attached hydrogens (tertiary/aromatic N) is 2. The smallest absolute Gasteiger partial charge is 0.258 e. The van der Waals surface area contributed by atoms with Gasteiger partial charge in [0.05, 0.1) is 5.56 Å². The molecule has 0 aliphatic carbocycles. The van der Waals surface area contributed by atoms with E-state index in [9.17, 15) is 4.79 Å². The van der Waals surface area contributed by atoms with Crippen LogP contribution in [-0.2, 0) is 0 Å². The molecule has 1 aromatic heterocycles. The second-order valence-electron chi connectivity index (χ2n) is 4.80. The Morgan fingerprint density at radius 3 is 2.38 bits per heavy atom. The largest absolute Gasteiger partial charge is 0.351 e. The molecule has 0 saturated carbocycles. The van der Waals surface area contributed by atoms with E-state index < -0.39 is 0 Å². The number of aromatic nitrogens is 2. The molecule has 1 heterocycles. The van der Waals surface area contributed by atoms with Crippen molar-refractivity contribution in [3.8, 4) is 0 Å². The predicted octanol–water partition coefficient (Wildman–Crippen LogP) is 2.94. The van der Waals surface area contributed by atoms with Crippen LogP contribution in [0.4, 0.5) is 11.6 Å². The molecular formula is C16H18N4O. The van der Waals surface area contributed by atoms with Crippen molar-refractivity contribution in [2.75, 3.05) is 17.2 Å². The van der Waals surface area contributed by atoms with E-state index in [1.165, 1.54) is 12.4 Å². The summed E-state index contributed by atoms with van der Waals surface area (Å²) in [7, 11) is 0. The zero-order valence-electron chi connectivity index (χ0n) is 12.2. The second-order valence-corrected chi connectivity index (χ2v) is 4.80. The summed E-state index contributed by atoms with van der Waals surface area (Å²) < 4.78 is 0. The molecule has 1 amide bonds. The van der Waals surface area contributed by atoms with E-state index in [-0.39, 0.29) is 5.91 Å². The topological polar surface area (TPSA) is 66.9 Å². The molecule has 1 aromatic carbocycles. The molecule has 0 atom stereocenters. The van der Waals surface area contributed by atoms with Crippen LogP contribution in [0.1, 0.15) is 21.5 Å².